The molecule has 0 aliphatic carbocycles. The van der Waals surface area contributed by atoms with Crippen LogP contribution in [0.5, 0.6) is 0 Å². The molecule has 0 saturated carbocycles. The van der Waals surface area contributed by atoms with Crippen LogP contribution >= 0.6 is 0 Å². The minimum absolute atomic E-state index is 0.153. The Morgan fingerprint density at radius 1 is 1.38 bits per heavy atom. The van der Waals surface area contributed by atoms with Crippen LogP contribution in [0.3, 0.4) is 0 Å². The van der Waals surface area contributed by atoms with E-state index in [0.717, 1.165) is 11.4 Å². The molecule has 3 nitrogen and oxygen atoms in total. The van der Waals surface area contributed by atoms with Crippen molar-refractivity contribution in [2.24, 2.45) is 0 Å². The number of hydrogen-bond acceptors (Lipinski definition) is 2. The van der Waals surface area contributed by atoms with Crippen molar-refractivity contribution in [1.82, 2.24) is 15.3 Å². The van der Waals surface area contributed by atoms with Gasteiger partial charge in [-0.25, -0.2) is 9.37 Å². The summed E-state index contributed by atoms with van der Waals surface area (Å²) in [6.45, 7) is 2.73. The molecule has 1 aromatic heterocycles. The Morgan fingerprint density at radius 3 is 2.75 bits per heavy atom. The Labute approximate surface area is 93.7 Å². The average Bonchev–Trinajstić information content (AvgIpc) is 2.81. The van der Waals surface area contributed by atoms with E-state index in [0.29, 0.717) is 6.54 Å². The third kappa shape index (κ3) is 2.67. The fourth-order valence-electron chi connectivity index (χ4n) is 1.48. The van der Waals surface area contributed by atoms with Crippen LogP contribution in [0.25, 0.3) is 0 Å². The SMILES string of the molecule is CC(NCc1ccc(F)cc1)c1ncc[nH]1. The molecule has 0 bridgehead atoms. The van der Waals surface area contributed by atoms with Crippen molar-refractivity contribution in [3.63, 3.8) is 0 Å². The number of nitrogens with zero attached hydrogens (tertiary/aromatic N) is 1. The second-order valence-electron chi connectivity index (χ2n) is 3.70. The molecule has 1 aromatic carbocycles. The van der Waals surface area contributed by atoms with Gasteiger partial charge in [0.1, 0.15) is 11.6 Å². The van der Waals surface area contributed by atoms with E-state index in [1.807, 2.05) is 6.92 Å². The molecule has 1 atom stereocenters. The summed E-state index contributed by atoms with van der Waals surface area (Å²) in [4.78, 5) is 7.21. The quantitative estimate of drug-likeness (QED) is 0.829. The summed E-state index contributed by atoms with van der Waals surface area (Å²) >= 11 is 0. The number of aromatic amines is 1. The van der Waals surface area contributed by atoms with Crippen LogP contribution in [0.1, 0.15) is 24.4 Å². The van der Waals surface area contributed by atoms with Crippen LogP contribution in [0.15, 0.2) is 36.7 Å². The predicted molar refractivity (Wildman–Crippen MR) is 60.2 cm³/mol. The molecule has 0 saturated heterocycles. The van der Waals surface area contributed by atoms with Crippen LogP contribution in [0.2, 0.25) is 0 Å². The molecule has 16 heavy (non-hydrogen) atoms. The Morgan fingerprint density at radius 2 is 2.12 bits per heavy atom. The van der Waals surface area contributed by atoms with Crippen LogP contribution in [0.4, 0.5) is 4.39 Å². The van der Waals surface area contributed by atoms with Crippen molar-refractivity contribution in [3.05, 3.63) is 53.9 Å². The lowest BCUT2D eigenvalue weighted by Crippen LogP contribution is -2.19. The maximum Gasteiger partial charge on any atom is 0.123 e. The first-order valence-corrected chi connectivity index (χ1v) is 5.23. The van der Waals surface area contributed by atoms with Crippen molar-refractivity contribution in [1.29, 1.82) is 0 Å². The molecular formula is C12H14FN3. The summed E-state index contributed by atoms with van der Waals surface area (Å²) in [5.41, 5.74) is 1.06. The zero-order valence-electron chi connectivity index (χ0n) is 9.07. The second-order valence-corrected chi connectivity index (χ2v) is 3.70. The Balaban J connectivity index is 1.90. The van der Waals surface area contributed by atoms with Gasteiger partial charge in [0.15, 0.2) is 0 Å². The van der Waals surface area contributed by atoms with E-state index < -0.39 is 0 Å². The first-order valence-electron chi connectivity index (χ1n) is 5.23. The number of nitrogens with one attached hydrogen (secondary N) is 2. The highest BCUT2D eigenvalue weighted by Gasteiger charge is 2.06. The van der Waals surface area contributed by atoms with Crippen LogP contribution < -0.4 is 5.32 Å². The lowest BCUT2D eigenvalue weighted by molar-refractivity contribution is 0.550. The topological polar surface area (TPSA) is 40.7 Å². The van der Waals surface area contributed by atoms with E-state index in [1.165, 1.54) is 12.1 Å². The van der Waals surface area contributed by atoms with Gasteiger partial charge in [0.05, 0.1) is 6.04 Å². The number of aromatic nitrogens is 2. The van der Waals surface area contributed by atoms with Gasteiger partial charge in [0.25, 0.3) is 0 Å². The average molecular weight is 219 g/mol. The smallest absolute Gasteiger partial charge is 0.123 e. The number of rotatable bonds is 4. The molecule has 0 fully saturated rings. The zero-order valence-corrected chi connectivity index (χ0v) is 9.07. The fourth-order valence-corrected chi connectivity index (χ4v) is 1.48. The molecular weight excluding hydrogens is 205 g/mol. The first-order chi connectivity index (χ1) is 7.75. The molecule has 1 unspecified atom stereocenters. The highest BCUT2D eigenvalue weighted by atomic mass is 19.1. The van der Waals surface area contributed by atoms with Gasteiger partial charge >= 0.3 is 0 Å². The largest absolute Gasteiger partial charge is 0.347 e. The van der Waals surface area contributed by atoms with Gasteiger partial charge in [-0.15, -0.1) is 0 Å². The third-order valence-corrected chi connectivity index (χ3v) is 2.46. The molecule has 1 heterocycles. The van der Waals surface area contributed by atoms with E-state index in [1.54, 1.807) is 24.5 Å². The Hall–Kier alpha value is -1.68. The van der Waals surface area contributed by atoms with Gasteiger partial charge in [-0.1, -0.05) is 12.1 Å². The molecule has 0 aliphatic rings. The van der Waals surface area contributed by atoms with E-state index in [2.05, 4.69) is 15.3 Å². The van der Waals surface area contributed by atoms with Gasteiger partial charge < -0.3 is 10.3 Å². The minimum atomic E-state index is -0.206. The molecule has 0 spiro atoms. The maximum absolute atomic E-state index is 12.7. The fraction of sp³-hybridized carbons (Fsp3) is 0.250. The number of imidazole rings is 1. The third-order valence-electron chi connectivity index (χ3n) is 2.46. The second kappa shape index (κ2) is 4.90. The number of H-pyrrole nitrogens is 1. The molecule has 2 aromatic rings. The van der Waals surface area contributed by atoms with Gasteiger partial charge in [0.2, 0.25) is 0 Å². The monoisotopic (exact) mass is 219 g/mol. The van der Waals surface area contributed by atoms with Crippen molar-refractivity contribution in [3.8, 4) is 0 Å². The normalized spacial score (nSPS) is 12.6. The molecule has 2 rings (SSSR count). The van der Waals surface area contributed by atoms with E-state index in [-0.39, 0.29) is 11.9 Å². The predicted octanol–water partition coefficient (Wildman–Crippen LogP) is 2.40. The Kier molecular flexibility index (Phi) is 3.31. The van der Waals surface area contributed by atoms with Crippen molar-refractivity contribution in [2.75, 3.05) is 0 Å². The van der Waals surface area contributed by atoms with E-state index in [9.17, 15) is 4.39 Å². The number of hydrogen-bond donors (Lipinski definition) is 2. The van der Waals surface area contributed by atoms with Crippen LogP contribution in [0, 0.1) is 5.82 Å². The van der Waals surface area contributed by atoms with E-state index in [4.69, 9.17) is 0 Å². The van der Waals surface area contributed by atoms with Crippen LogP contribution in [-0.2, 0) is 6.54 Å². The lowest BCUT2D eigenvalue weighted by atomic mass is 10.2. The number of halogens is 1. The molecule has 4 heteroatoms. The lowest BCUT2D eigenvalue weighted by Gasteiger charge is -2.11. The van der Waals surface area contributed by atoms with E-state index >= 15 is 0 Å². The summed E-state index contributed by atoms with van der Waals surface area (Å²) in [5.74, 6) is 0.699. The van der Waals surface area contributed by atoms with Gasteiger partial charge in [0, 0.05) is 18.9 Å². The summed E-state index contributed by atoms with van der Waals surface area (Å²) < 4.78 is 12.7. The highest BCUT2D eigenvalue weighted by molar-refractivity contribution is 5.16. The van der Waals surface area contributed by atoms with Gasteiger partial charge in [-0.2, -0.15) is 0 Å². The molecule has 0 amide bonds. The number of benzene rings is 1. The zero-order chi connectivity index (χ0) is 11.4. The summed E-state index contributed by atoms with van der Waals surface area (Å²) in [5, 5.41) is 3.30. The van der Waals surface area contributed by atoms with Crippen molar-refractivity contribution < 1.29 is 4.39 Å². The van der Waals surface area contributed by atoms with Crippen molar-refractivity contribution >= 4 is 0 Å². The molecule has 0 radical (unpaired) electrons. The van der Waals surface area contributed by atoms with Crippen LogP contribution in [-0.4, -0.2) is 9.97 Å². The Bertz CT molecular complexity index is 422. The highest BCUT2D eigenvalue weighted by Crippen LogP contribution is 2.08. The van der Waals surface area contributed by atoms with Gasteiger partial charge in [-0.3, -0.25) is 0 Å². The minimum Gasteiger partial charge on any atom is -0.347 e. The summed E-state index contributed by atoms with van der Waals surface area (Å²) in [6, 6.07) is 6.64. The maximum atomic E-state index is 12.7. The van der Waals surface area contributed by atoms with Crippen molar-refractivity contribution in [2.45, 2.75) is 19.5 Å². The first kappa shape index (κ1) is 10.8. The molecule has 2 N–H and O–H groups in total. The standard InChI is InChI=1S/C12H14FN3/c1-9(12-14-6-7-15-12)16-8-10-2-4-11(13)5-3-10/h2-7,9,16H,8H2,1H3,(H,14,15). The summed E-state index contributed by atoms with van der Waals surface area (Å²) in [6.07, 6.45) is 3.52. The van der Waals surface area contributed by atoms with Gasteiger partial charge in [-0.05, 0) is 24.6 Å². The molecule has 84 valence electrons. The summed E-state index contributed by atoms with van der Waals surface area (Å²) in [7, 11) is 0. The molecule has 0 aliphatic heterocycles.